The molecular formula is C21H22ClN5O2. The molecule has 0 aliphatic carbocycles. The fraction of sp³-hybridized carbons (Fsp3) is 0.238. The highest BCUT2D eigenvalue weighted by Crippen LogP contribution is 2.33. The van der Waals surface area contributed by atoms with E-state index in [9.17, 15) is 4.79 Å². The third kappa shape index (κ3) is 4.70. The molecule has 2 heterocycles. The molecule has 8 heteroatoms. The van der Waals surface area contributed by atoms with Crippen LogP contribution in [0.5, 0.6) is 5.75 Å². The second kappa shape index (κ2) is 8.55. The molecule has 1 aromatic heterocycles. The maximum absolute atomic E-state index is 12.4. The van der Waals surface area contributed by atoms with E-state index in [1.165, 1.54) is 0 Å². The molecule has 0 radical (unpaired) electrons. The van der Waals surface area contributed by atoms with E-state index in [-0.39, 0.29) is 12.1 Å². The van der Waals surface area contributed by atoms with Gasteiger partial charge in [-0.1, -0.05) is 11.6 Å². The Balaban J connectivity index is 1.55. The van der Waals surface area contributed by atoms with Crippen LogP contribution in [0.3, 0.4) is 0 Å². The number of amides is 2. The van der Waals surface area contributed by atoms with Crippen LogP contribution in [0, 0.1) is 0 Å². The average molecular weight is 412 g/mol. The van der Waals surface area contributed by atoms with Crippen LogP contribution in [0.25, 0.3) is 11.3 Å². The highest BCUT2D eigenvalue weighted by molar-refractivity contribution is 6.30. The molecule has 0 saturated carbocycles. The van der Waals surface area contributed by atoms with Gasteiger partial charge in [-0.15, -0.1) is 0 Å². The molecule has 2 amide bonds. The van der Waals surface area contributed by atoms with E-state index in [2.05, 4.69) is 21.0 Å². The van der Waals surface area contributed by atoms with E-state index in [4.69, 9.17) is 16.3 Å². The Hall–Kier alpha value is -3.03. The van der Waals surface area contributed by atoms with Crippen LogP contribution < -0.4 is 20.7 Å². The number of anilines is 2. The number of hydrogen-bond acceptors (Lipinski definition) is 4. The molecule has 0 spiro atoms. The Morgan fingerprint density at radius 3 is 2.62 bits per heavy atom. The lowest BCUT2D eigenvalue weighted by molar-refractivity contribution is 0.224. The largest absolute Gasteiger partial charge is 0.488 e. The summed E-state index contributed by atoms with van der Waals surface area (Å²) >= 11 is 5.88. The highest BCUT2D eigenvalue weighted by Gasteiger charge is 2.19. The summed E-state index contributed by atoms with van der Waals surface area (Å²) < 4.78 is 7.99. The number of nitrogens with one attached hydrogen (secondary N) is 3. The van der Waals surface area contributed by atoms with E-state index in [1.807, 2.05) is 31.3 Å². The SMILES string of the molecule is Cn1nccc1-c1cc(NC(=O)Nc2ccc(Cl)cc2)ccc1OC1CCNC1. The van der Waals surface area contributed by atoms with Crippen LogP contribution in [-0.2, 0) is 7.05 Å². The Morgan fingerprint density at radius 2 is 1.93 bits per heavy atom. The van der Waals surface area contributed by atoms with E-state index >= 15 is 0 Å². The number of halogens is 1. The monoisotopic (exact) mass is 411 g/mol. The Bertz CT molecular complexity index is 997. The number of carbonyl (C=O) groups is 1. The predicted octanol–water partition coefficient (Wildman–Crippen LogP) is 4.13. The number of hydrogen-bond donors (Lipinski definition) is 3. The van der Waals surface area contributed by atoms with Crippen molar-refractivity contribution in [2.45, 2.75) is 12.5 Å². The van der Waals surface area contributed by atoms with Crippen molar-refractivity contribution in [2.24, 2.45) is 7.05 Å². The lowest BCUT2D eigenvalue weighted by Crippen LogP contribution is -2.21. The van der Waals surface area contributed by atoms with Crippen molar-refractivity contribution in [3.05, 3.63) is 59.8 Å². The molecule has 3 N–H and O–H groups in total. The molecule has 3 aromatic rings. The van der Waals surface area contributed by atoms with Gasteiger partial charge < -0.3 is 20.7 Å². The van der Waals surface area contributed by atoms with Gasteiger partial charge in [-0.2, -0.15) is 5.10 Å². The minimum Gasteiger partial charge on any atom is -0.488 e. The second-order valence-corrected chi connectivity index (χ2v) is 7.31. The van der Waals surface area contributed by atoms with Gasteiger partial charge in [-0.05, 0) is 61.5 Å². The van der Waals surface area contributed by atoms with Crippen LogP contribution in [0.4, 0.5) is 16.2 Å². The zero-order valence-electron chi connectivity index (χ0n) is 16.0. The number of aryl methyl sites for hydroxylation is 1. The smallest absolute Gasteiger partial charge is 0.323 e. The minimum absolute atomic E-state index is 0.133. The van der Waals surface area contributed by atoms with Crippen LogP contribution in [0.15, 0.2) is 54.7 Å². The number of rotatable bonds is 5. The standard InChI is InChI=1S/C21H22ClN5O2/c1-27-19(9-11-24-27)18-12-16(6-7-20(18)29-17-8-10-23-13-17)26-21(28)25-15-4-2-14(22)3-5-15/h2-7,9,11-12,17,23H,8,10,13H2,1H3,(H2,25,26,28). The topological polar surface area (TPSA) is 80.2 Å². The zero-order chi connectivity index (χ0) is 20.2. The quantitative estimate of drug-likeness (QED) is 0.589. The maximum Gasteiger partial charge on any atom is 0.323 e. The molecule has 1 aliphatic rings. The van der Waals surface area contributed by atoms with Crippen molar-refractivity contribution in [2.75, 3.05) is 23.7 Å². The van der Waals surface area contributed by atoms with E-state index in [0.29, 0.717) is 16.4 Å². The number of ether oxygens (including phenoxy) is 1. The maximum atomic E-state index is 12.4. The first-order chi connectivity index (χ1) is 14.1. The molecule has 1 saturated heterocycles. The van der Waals surface area contributed by atoms with Gasteiger partial charge >= 0.3 is 6.03 Å². The lowest BCUT2D eigenvalue weighted by atomic mass is 10.1. The van der Waals surface area contributed by atoms with Crippen LogP contribution >= 0.6 is 11.6 Å². The van der Waals surface area contributed by atoms with Crippen molar-refractivity contribution >= 4 is 29.0 Å². The first-order valence-electron chi connectivity index (χ1n) is 9.42. The summed E-state index contributed by atoms with van der Waals surface area (Å²) in [4.78, 5) is 12.4. The molecule has 2 aromatic carbocycles. The Morgan fingerprint density at radius 1 is 1.17 bits per heavy atom. The average Bonchev–Trinajstić information content (AvgIpc) is 3.36. The van der Waals surface area contributed by atoms with Crippen molar-refractivity contribution in [1.29, 1.82) is 0 Å². The van der Waals surface area contributed by atoms with Crippen LogP contribution in [0.1, 0.15) is 6.42 Å². The number of carbonyl (C=O) groups excluding carboxylic acids is 1. The van der Waals surface area contributed by atoms with Crippen LogP contribution in [-0.4, -0.2) is 35.0 Å². The van der Waals surface area contributed by atoms with Crippen LogP contribution in [0.2, 0.25) is 5.02 Å². The highest BCUT2D eigenvalue weighted by atomic mass is 35.5. The van der Waals surface area contributed by atoms with Crippen molar-refractivity contribution in [1.82, 2.24) is 15.1 Å². The van der Waals surface area contributed by atoms with E-state index in [1.54, 1.807) is 35.1 Å². The molecule has 29 heavy (non-hydrogen) atoms. The Labute approximate surface area is 174 Å². The molecule has 4 rings (SSSR count). The van der Waals surface area contributed by atoms with Crippen molar-refractivity contribution in [3.8, 4) is 17.0 Å². The van der Waals surface area contributed by atoms with E-state index in [0.717, 1.165) is 36.5 Å². The molecule has 1 unspecified atom stereocenters. The number of nitrogens with zero attached hydrogens (tertiary/aromatic N) is 2. The summed E-state index contributed by atoms with van der Waals surface area (Å²) in [6.45, 7) is 1.78. The summed E-state index contributed by atoms with van der Waals surface area (Å²) in [5, 5.41) is 13.8. The van der Waals surface area contributed by atoms with Crippen molar-refractivity contribution < 1.29 is 9.53 Å². The van der Waals surface area contributed by atoms with Gasteiger partial charge in [-0.3, -0.25) is 4.68 Å². The number of benzene rings is 2. The summed E-state index contributed by atoms with van der Waals surface area (Å²) in [7, 11) is 1.88. The summed E-state index contributed by atoms with van der Waals surface area (Å²) in [6.07, 6.45) is 2.84. The lowest BCUT2D eigenvalue weighted by Gasteiger charge is -2.18. The third-order valence-electron chi connectivity index (χ3n) is 4.75. The van der Waals surface area contributed by atoms with Gasteiger partial charge in [0.1, 0.15) is 11.9 Å². The molecule has 150 valence electrons. The van der Waals surface area contributed by atoms with E-state index < -0.39 is 0 Å². The van der Waals surface area contributed by atoms with Gasteiger partial charge in [-0.25, -0.2) is 4.79 Å². The predicted molar refractivity (Wildman–Crippen MR) is 115 cm³/mol. The molecular weight excluding hydrogens is 390 g/mol. The fourth-order valence-corrected chi connectivity index (χ4v) is 3.41. The molecule has 1 aliphatic heterocycles. The first-order valence-corrected chi connectivity index (χ1v) is 9.79. The third-order valence-corrected chi connectivity index (χ3v) is 5.00. The normalized spacial score (nSPS) is 15.9. The molecule has 7 nitrogen and oxygen atoms in total. The number of urea groups is 1. The summed E-state index contributed by atoms with van der Waals surface area (Å²) in [5.74, 6) is 0.769. The van der Waals surface area contributed by atoms with Gasteiger partial charge in [0.25, 0.3) is 0 Å². The van der Waals surface area contributed by atoms with Gasteiger partial charge in [0.15, 0.2) is 0 Å². The van der Waals surface area contributed by atoms with Gasteiger partial charge in [0, 0.05) is 41.8 Å². The summed E-state index contributed by atoms with van der Waals surface area (Å²) in [5.41, 5.74) is 3.10. The number of aromatic nitrogens is 2. The Kier molecular flexibility index (Phi) is 5.69. The minimum atomic E-state index is -0.336. The molecule has 1 atom stereocenters. The first kappa shape index (κ1) is 19.3. The van der Waals surface area contributed by atoms with Gasteiger partial charge in [0.2, 0.25) is 0 Å². The second-order valence-electron chi connectivity index (χ2n) is 6.87. The van der Waals surface area contributed by atoms with Gasteiger partial charge in [0.05, 0.1) is 5.69 Å². The molecule has 0 bridgehead atoms. The van der Waals surface area contributed by atoms with Crippen molar-refractivity contribution in [3.63, 3.8) is 0 Å². The molecule has 1 fully saturated rings. The fourth-order valence-electron chi connectivity index (χ4n) is 3.28. The zero-order valence-corrected chi connectivity index (χ0v) is 16.7. The summed E-state index contributed by atoms with van der Waals surface area (Å²) in [6, 6.07) is 14.1.